The molecule has 0 saturated carbocycles. The molecule has 1 amide bonds. The molecule has 24 heavy (non-hydrogen) atoms. The van der Waals surface area contributed by atoms with Crippen molar-refractivity contribution in [3.05, 3.63) is 89.5 Å². The number of carbonyl (C=O) groups excluding carboxylic acids is 1. The smallest absolute Gasteiger partial charge is 0.257 e. The summed E-state index contributed by atoms with van der Waals surface area (Å²) in [5, 5.41) is 2.72. The first-order valence-electron chi connectivity index (χ1n) is 7.46. The molecule has 0 radical (unpaired) electrons. The fourth-order valence-corrected chi connectivity index (χ4v) is 2.37. The second-order valence-electron chi connectivity index (χ2n) is 5.41. The quantitative estimate of drug-likeness (QED) is 0.721. The topological polar surface area (TPSA) is 68.0 Å². The lowest BCUT2D eigenvalue weighted by molar-refractivity contribution is 0.102. The van der Waals surface area contributed by atoms with Gasteiger partial charge in [0, 0.05) is 23.8 Å². The first kappa shape index (κ1) is 15.7. The summed E-state index contributed by atoms with van der Waals surface area (Å²) in [6.45, 7) is 0. The molecule has 0 atom stereocenters. The molecular weight excluding hydrogens is 305 g/mol. The summed E-state index contributed by atoms with van der Waals surface area (Å²) in [5.41, 5.74) is 8.99. The SMILES string of the molecule is Nc1ccc(F)cc1C(=O)Nc1ccc(Cc2ccncc2)cc1. The van der Waals surface area contributed by atoms with E-state index in [1.54, 1.807) is 12.4 Å². The molecule has 0 unspecified atom stereocenters. The number of carbonyl (C=O) groups is 1. The predicted molar refractivity (Wildman–Crippen MR) is 92.3 cm³/mol. The molecule has 1 heterocycles. The molecule has 1 aromatic heterocycles. The van der Waals surface area contributed by atoms with Gasteiger partial charge in [-0.25, -0.2) is 4.39 Å². The molecule has 3 rings (SSSR count). The number of hydrogen-bond donors (Lipinski definition) is 2. The van der Waals surface area contributed by atoms with E-state index < -0.39 is 11.7 Å². The number of nitrogens with two attached hydrogens (primary N) is 1. The predicted octanol–water partition coefficient (Wildman–Crippen LogP) is 3.65. The number of benzene rings is 2. The Hall–Kier alpha value is -3.21. The zero-order valence-electron chi connectivity index (χ0n) is 12.9. The van der Waals surface area contributed by atoms with E-state index in [1.807, 2.05) is 36.4 Å². The number of nitrogens with one attached hydrogen (secondary N) is 1. The molecule has 0 aliphatic heterocycles. The van der Waals surface area contributed by atoms with E-state index in [-0.39, 0.29) is 11.3 Å². The molecule has 0 aliphatic carbocycles. The van der Waals surface area contributed by atoms with Gasteiger partial charge in [0.2, 0.25) is 0 Å². The summed E-state index contributed by atoms with van der Waals surface area (Å²) < 4.78 is 13.3. The molecule has 3 N–H and O–H groups in total. The van der Waals surface area contributed by atoms with Gasteiger partial charge in [-0.2, -0.15) is 0 Å². The number of anilines is 2. The van der Waals surface area contributed by atoms with Crippen molar-refractivity contribution in [1.82, 2.24) is 4.98 Å². The zero-order valence-corrected chi connectivity index (χ0v) is 12.9. The lowest BCUT2D eigenvalue weighted by atomic mass is 10.1. The Morgan fingerprint density at radius 1 is 1.00 bits per heavy atom. The average molecular weight is 321 g/mol. The van der Waals surface area contributed by atoms with E-state index in [9.17, 15) is 9.18 Å². The summed E-state index contributed by atoms with van der Waals surface area (Å²) in [6, 6.07) is 15.1. The van der Waals surface area contributed by atoms with Crippen molar-refractivity contribution in [2.45, 2.75) is 6.42 Å². The first-order valence-corrected chi connectivity index (χ1v) is 7.46. The van der Waals surface area contributed by atoms with Gasteiger partial charge in [-0.1, -0.05) is 12.1 Å². The number of hydrogen-bond acceptors (Lipinski definition) is 3. The van der Waals surface area contributed by atoms with E-state index in [2.05, 4.69) is 10.3 Å². The van der Waals surface area contributed by atoms with Crippen LogP contribution in [0.4, 0.5) is 15.8 Å². The Kier molecular flexibility index (Phi) is 4.52. The maximum atomic E-state index is 13.3. The molecule has 0 fully saturated rings. The van der Waals surface area contributed by atoms with E-state index in [4.69, 9.17) is 5.73 Å². The van der Waals surface area contributed by atoms with Crippen LogP contribution in [0.3, 0.4) is 0 Å². The van der Waals surface area contributed by atoms with Crippen molar-refractivity contribution in [1.29, 1.82) is 0 Å². The maximum Gasteiger partial charge on any atom is 0.257 e. The minimum Gasteiger partial charge on any atom is -0.398 e. The number of pyridine rings is 1. The molecular formula is C19H16FN3O. The molecule has 0 spiro atoms. The van der Waals surface area contributed by atoms with E-state index >= 15 is 0 Å². The summed E-state index contributed by atoms with van der Waals surface area (Å²) in [4.78, 5) is 16.2. The van der Waals surface area contributed by atoms with Gasteiger partial charge in [0.05, 0.1) is 5.56 Å². The van der Waals surface area contributed by atoms with E-state index in [0.29, 0.717) is 5.69 Å². The second kappa shape index (κ2) is 6.91. The summed E-state index contributed by atoms with van der Waals surface area (Å²) in [7, 11) is 0. The van der Waals surface area contributed by atoms with Crippen LogP contribution in [-0.4, -0.2) is 10.9 Å². The Morgan fingerprint density at radius 2 is 1.67 bits per heavy atom. The Morgan fingerprint density at radius 3 is 2.38 bits per heavy atom. The third-order valence-corrected chi connectivity index (χ3v) is 3.63. The third kappa shape index (κ3) is 3.76. The van der Waals surface area contributed by atoms with Crippen LogP contribution in [0.15, 0.2) is 67.0 Å². The van der Waals surface area contributed by atoms with Crippen molar-refractivity contribution < 1.29 is 9.18 Å². The van der Waals surface area contributed by atoms with Crippen LogP contribution in [-0.2, 0) is 6.42 Å². The van der Waals surface area contributed by atoms with Crippen LogP contribution in [0.5, 0.6) is 0 Å². The molecule has 4 nitrogen and oxygen atoms in total. The minimum absolute atomic E-state index is 0.121. The van der Waals surface area contributed by atoms with Crippen LogP contribution in [0.2, 0.25) is 0 Å². The second-order valence-corrected chi connectivity index (χ2v) is 5.41. The standard InChI is InChI=1S/C19H16FN3O/c20-15-3-6-18(21)17(12-15)19(24)23-16-4-1-13(2-5-16)11-14-7-9-22-10-8-14/h1-10,12H,11,21H2,(H,23,24). The lowest BCUT2D eigenvalue weighted by Crippen LogP contribution is -2.14. The number of nitrogens with zero attached hydrogens (tertiary/aromatic N) is 1. The van der Waals surface area contributed by atoms with Crippen LogP contribution in [0.1, 0.15) is 21.5 Å². The molecule has 0 aliphatic rings. The minimum atomic E-state index is -0.498. The van der Waals surface area contributed by atoms with Crippen LogP contribution >= 0.6 is 0 Å². The molecule has 5 heteroatoms. The monoisotopic (exact) mass is 321 g/mol. The Balaban J connectivity index is 1.70. The van der Waals surface area contributed by atoms with Crippen LogP contribution in [0, 0.1) is 5.82 Å². The highest BCUT2D eigenvalue weighted by molar-refractivity contribution is 6.07. The molecule has 0 bridgehead atoms. The van der Waals surface area contributed by atoms with Crippen LogP contribution in [0.25, 0.3) is 0 Å². The zero-order chi connectivity index (χ0) is 16.9. The van der Waals surface area contributed by atoms with E-state index in [1.165, 1.54) is 12.1 Å². The molecule has 0 saturated heterocycles. The van der Waals surface area contributed by atoms with Crippen molar-refractivity contribution in [3.8, 4) is 0 Å². The fourth-order valence-electron chi connectivity index (χ4n) is 2.37. The van der Waals surface area contributed by atoms with Crippen molar-refractivity contribution in [2.24, 2.45) is 0 Å². The Bertz CT molecular complexity index is 848. The van der Waals surface area contributed by atoms with Crippen LogP contribution < -0.4 is 11.1 Å². The van der Waals surface area contributed by atoms with Gasteiger partial charge in [-0.15, -0.1) is 0 Å². The van der Waals surface area contributed by atoms with E-state index in [0.717, 1.165) is 23.6 Å². The third-order valence-electron chi connectivity index (χ3n) is 3.63. The fraction of sp³-hybridized carbons (Fsp3) is 0.0526. The summed E-state index contributed by atoms with van der Waals surface area (Å²) >= 11 is 0. The highest BCUT2D eigenvalue weighted by Crippen LogP contribution is 2.17. The normalized spacial score (nSPS) is 10.4. The van der Waals surface area contributed by atoms with Crippen molar-refractivity contribution in [2.75, 3.05) is 11.1 Å². The van der Waals surface area contributed by atoms with Gasteiger partial charge in [-0.3, -0.25) is 9.78 Å². The number of nitrogen functional groups attached to an aromatic ring is 1. The number of aromatic nitrogens is 1. The molecule has 2 aromatic carbocycles. The van der Waals surface area contributed by atoms with Gasteiger partial charge in [0.15, 0.2) is 0 Å². The lowest BCUT2D eigenvalue weighted by Gasteiger charge is -2.09. The van der Waals surface area contributed by atoms with Gasteiger partial charge in [-0.05, 0) is 60.0 Å². The largest absolute Gasteiger partial charge is 0.398 e. The van der Waals surface area contributed by atoms with Crippen molar-refractivity contribution >= 4 is 17.3 Å². The number of amides is 1. The highest BCUT2D eigenvalue weighted by atomic mass is 19.1. The number of halogens is 1. The molecule has 120 valence electrons. The number of rotatable bonds is 4. The summed E-state index contributed by atoms with van der Waals surface area (Å²) in [6.07, 6.45) is 4.30. The maximum absolute atomic E-state index is 13.3. The Labute approximate surface area is 139 Å². The summed E-state index contributed by atoms with van der Waals surface area (Å²) in [5.74, 6) is -0.934. The first-order chi connectivity index (χ1) is 11.6. The van der Waals surface area contributed by atoms with Gasteiger partial charge >= 0.3 is 0 Å². The van der Waals surface area contributed by atoms with Gasteiger partial charge in [0.25, 0.3) is 5.91 Å². The van der Waals surface area contributed by atoms with Crippen molar-refractivity contribution in [3.63, 3.8) is 0 Å². The van der Waals surface area contributed by atoms with Gasteiger partial charge in [0.1, 0.15) is 5.82 Å². The van der Waals surface area contributed by atoms with Gasteiger partial charge < -0.3 is 11.1 Å². The molecule has 3 aromatic rings. The highest BCUT2D eigenvalue weighted by Gasteiger charge is 2.11. The average Bonchev–Trinajstić information content (AvgIpc) is 2.59.